The zero-order valence-electron chi connectivity index (χ0n) is 10.4. The normalized spacial score (nSPS) is 17.1. The van der Waals surface area contributed by atoms with Gasteiger partial charge in [0.15, 0.2) is 11.9 Å². The summed E-state index contributed by atoms with van der Waals surface area (Å²) in [6.07, 6.45) is 1.24. The molecule has 2 aromatic rings. The van der Waals surface area contributed by atoms with Crippen molar-refractivity contribution >= 4 is 15.9 Å². The smallest absolute Gasteiger partial charge is 0.265 e. The monoisotopic (exact) mass is 320 g/mol. The van der Waals surface area contributed by atoms with E-state index in [2.05, 4.69) is 25.9 Å². The van der Waals surface area contributed by atoms with Crippen LogP contribution in [0.2, 0.25) is 0 Å². The van der Waals surface area contributed by atoms with E-state index in [9.17, 15) is 4.79 Å². The molecule has 0 bridgehead atoms. The van der Waals surface area contributed by atoms with E-state index in [-0.39, 0.29) is 11.7 Å². The van der Waals surface area contributed by atoms with Gasteiger partial charge in [-0.2, -0.15) is 0 Å². The van der Waals surface area contributed by atoms with E-state index in [0.29, 0.717) is 16.7 Å². The second-order valence-electron chi connectivity index (χ2n) is 4.48. The predicted molar refractivity (Wildman–Crippen MR) is 75.5 cm³/mol. The summed E-state index contributed by atoms with van der Waals surface area (Å²) in [5, 5.41) is 0. The Balaban J connectivity index is 1.98. The summed E-state index contributed by atoms with van der Waals surface area (Å²) in [5.74, 6) is 1.47. The number of hydrogen-bond acceptors (Lipinski definition) is 3. The quantitative estimate of drug-likeness (QED) is 0.925. The summed E-state index contributed by atoms with van der Waals surface area (Å²) in [4.78, 5) is 19.1. The van der Waals surface area contributed by atoms with Gasteiger partial charge in [0.05, 0.1) is 5.69 Å². The first-order chi connectivity index (χ1) is 9.19. The number of nitrogens with zero attached hydrogens (tertiary/aromatic N) is 1. The van der Waals surface area contributed by atoms with Gasteiger partial charge in [-0.3, -0.25) is 4.79 Å². The van der Waals surface area contributed by atoms with Crippen molar-refractivity contribution in [3.05, 3.63) is 56.2 Å². The number of H-pyrrole nitrogens is 1. The lowest BCUT2D eigenvalue weighted by Gasteiger charge is -2.11. The molecule has 0 saturated heterocycles. The van der Waals surface area contributed by atoms with Gasteiger partial charge >= 0.3 is 0 Å². The van der Waals surface area contributed by atoms with Crippen LogP contribution in [0.15, 0.2) is 33.5 Å². The zero-order chi connectivity index (χ0) is 13.4. The first-order valence-electron chi connectivity index (χ1n) is 6.22. The maximum Gasteiger partial charge on any atom is 0.265 e. The average Bonchev–Trinajstić information content (AvgIpc) is 2.85. The molecule has 1 unspecified atom stereocenters. The molecule has 0 spiro atoms. The van der Waals surface area contributed by atoms with Crippen LogP contribution in [0.1, 0.15) is 30.1 Å². The van der Waals surface area contributed by atoms with Gasteiger partial charge in [-0.1, -0.05) is 25.1 Å². The molecule has 0 amide bonds. The number of aryl methyl sites for hydroxylation is 1. The van der Waals surface area contributed by atoms with Crippen LogP contribution in [0.25, 0.3) is 0 Å². The molecule has 5 heteroatoms. The molecule has 0 fully saturated rings. The van der Waals surface area contributed by atoms with Crippen molar-refractivity contribution in [3.63, 3.8) is 0 Å². The Morgan fingerprint density at radius 3 is 3.00 bits per heavy atom. The molecule has 19 heavy (non-hydrogen) atoms. The van der Waals surface area contributed by atoms with Crippen molar-refractivity contribution in [2.24, 2.45) is 0 Å². The standard InChI is InChI=1S/C14H13BrN2O2/c1-2-9-12(15)14(18)17-13(16-9)11-7-8-5-3-4-6-10(8)19-11/h3-6,11H,2,7H2,1H3,(H,16,17,18). The first kappa shape index (κ1) is 12.4. The molecule has 98 valence electrons. The van der Waals surface area contributed by atoms with Crippen LogP contribution in [0.4, 0.5) is 0 Å². The van der Waals surface area contributed by atoms with Crippen LogP contribution in [-0.2, 0) is 12.8 Å². The molecule has 1 atom stereocenters. The number of rotatable bonds is 2. The lowest BCUT2D eigenvalue weighted by molar-refractivity contribution is 0.226. The fourth-order valence-electron chi connectivity index (χ4n) is 2.25. The number of aromatic amines is 1. The number of aromatic nitrogens is 2. The Hall–Kier alpha value is -1.62. The Kier molecular flexibility index (Phi) is 3.14. The number of hydrogen-bond donors (Lipinski definition) is 1. The average molecular weight is 321 g/mol. The number of para-hydroxylation sites is 1. The van der Waals surface area contributed by atoms with Gasteiger partial charge in [-0.15, -0.1) is 0 Å². The second-order valence-corrected chi connectivity index (χ2v) is 5.28. The minimum absolute atomic E-state index is 0.151. The van der Waals surface area contributed by atoms with Crippen LogP contribution in [-0.4, -0.2) is 9.97 Å². The van der Waals surface area contributed by atoms with Crippen LogP contribution in [0, 0.1) is 0 Å². The molecule has 1 aliphatic heterocycles. The van der Waals surface area contributed by atoms with Gasteiger partial charge in [0.25, 0.3) is 5.56 Å². The van der Waals surface area contributed by atoms with Gasteiger partial charge < -0.3 is 9.72 Å². The minimum atomic E-state index is -0.205. The minimum Gasteiger partial charge on any atom is -0.482 e. The molecular formula is C14H13BrN2O2. The maximum absolute atomic E-state index is 11.9. The highest BCUT2D eigenvalue weighted by Crippen LogP contribution is 2.34. The van der Waals surface area contributed by atoms with Crippen molar-refractivity contribution in [1.29, 1.82) is 0 Å². The number of halogens is 1. The summed E-state index contributed by atoms with van der Waals surface area (Å²) in [7, 11) is 0. The van der Waals surface area contributed by atoms with Crippen LogP contribution < -0.4 is 10.3 Å². The van der Waals surface area contributed by atoms with E-state index in [4.69, 9.17) is 4.74 Å². The topological polar surface area (TPSA) is 55.0 Å². The van der Waals surface area contributed by atoms with E-state index < -0.39 is 0 Å². The SMILES string of the molecule is CCc1nc(C2Cc3ccccc3O2)[nH]c(=O)c1Br. The van der Waals surface area contributed by atoms with E-state index >= 15 is 0 Å². The van der Waals surface area contributed by atoms with Crippen molar-refractivity contribution in [1.82, 2.24) is 9.97 Å². The fraction of sp³-hybridized carbons (Fsp3) is 0.286. The summed E-state index contributed by atoms with van der Waals surface area (Å²) in [6, 6.07) is 7.90. The fourth-order valence-corrected chi connectivity index (χ4v) is 2.71. The highest BCUT2D eigenvalue weighted by molar-refractivity contribution is 9.10. The van der Waals surface area contributed by atoms with E-state index in [1.54, 1.807) is 0 Å². The third-order valence-electron chi connectivity index (χ3n) is 3.24. The summed E-state index contributed by atoms with van der Waals surface area (Å²) in [6.45, 7) is 1.97. The molecular weight excluding hydrogens is 308 g/mol. The molecule has 4 nitrogen and oxygen atoms in total. The Labute approximate surface area is 119 Å². The van der Waals surface area contributed by atoms with Crippen LogP contribution in [0.3, 0.4) is 0 Å². The molecule has 2 heterocycles. The summed E-state index contributed by atoms with van der Waals surface area (Å²) in [5.41, 5.74) is 1.76. The summed E-state index contributed by atoms with van der Waals surface area (Å²) >= 11 is 3.26. The van der Waals surface area contributed by atoms with Crippen LogP contribution in [0.5, 0.6) is 5.75 Å². The third kappa shape index (κ3) is 2.18. The van der Waals surface area contributed by atoms with Gasteiger partial charge in [-0.05, 0) is 34.0 Å². The maximum atomic E-state index is 11.9. The highest BCUT2D eigenvalue weighted by atomic mass is 79.9. The number of fused-ring (bicyclic) bond motifs is 1. The van der Waals surface area contributed by atoms with Crippen molar-refractivity contribution in [2.45, 2.75) is 25.9 Å². The molecule has 0 aliphatic carbocycles. The molecule has 1 N–H and O–H groups in total. The Morgan fingerprint density at radius 2 is 2.26 bits per heavy atom. The number of nitrogens with one attached hydrogen (secondary N) is 1. The van der Waals surface area contributed by atoms with Crippen molar-refractivity contribution in [3.8, 4) is 5.75 Å². The van der Waals surface area contributed by atoms with Gasteiger partial charge in [0.1, 0.15) is 10.2 Å². The molecule has 3 rings (SSSR count). The molecule has 0 saturated carbocycles. The predicted octanol–water partition coefficient (Wildman–Crippen LogP) is 2.77. The lowest BCUT2D eigenvalue weighted by atomic mass is 10.1. The lowest BCUT2D eigenvalue weighted by Crippen LogP contribution is -2.19. The molecule has 1 aliphatic rings. The Morgan fingerprint density at radius 1 is 1.47 bits per heavy atom. The third-order valence-corrected chi connectivity index (χ3v) is 4.05. The van der Waals surface area contributed by atoms with Gasteiger partial charge in [0, 0.05) is 6.42 Å². The number of benzene rings is 1. The van der Waals surface area contributed by atoms with E-state index in [1.807, 2.05) is 31.2 Å². The highest BCUT2D eigenvalue weighted by Gasteiger charge is 2.26. The summed E-state index contributed by atoms with van der Waals surface area (Å²) < 4.78 is 6.35. The van der Waals surface area contributed by atoms with E-state index in [0.717, 1.165) is 23.4 Å². The van der Waals surface area contributed by atoms with Gasteiger partial charge in [-0.25, -0.2) is 4.98 Å². The number of ether oxygens (including phenoxy) is 1. The zero-order valence-corrected chi connectivity index (χ0v) is 12.0. The largest absolute Gasteiger partial charge is 0.482 e. The molecule has 1 aromatic heterocycles. The first-order valence-corrected chi connectivity index (χ1v) is 7.01. The van der Waals surface area contributed by atoms with E-state index in [1.165, 1.54) is 0 Å². The van der Waals surface area contributed by atoms with Crippen molar-refractivity contribution < 1.29 is 4.74 Å². The molecule has 0 radical (unpaired) electrons. The second kappa shape index (κ2) is 4.81. The van der Waals surface area contributed by atoms with Gasteiger partial charge in [0.2, 0.25) is 0 Å². The van der Waals surface area contributed by atoms with Crippen molar-refractivity contribution in [2.75, 3.05) is 0 Å². The Bertz CT molecular complexity index is 656. The van der Waals surface area contributed by atoms with Crippen LogP contribution >= 0.6 is 15.9 Å². The molecule has 1 aromatic carbocycles.